The molecule has 3 N–H and O–H groups in total. The molecule has 0 bridgehead atoms. The van der Waals surface area contributed by atoms with Gasteiger partial charge in [-0.2, -0.15) is 0 Å². The predicted octanol–water partition coefficient (Wildman–Crippen LogP) is 2.58. The Balaban J connectivity index is 1.59. The molecule has 0 aromatic heterocycles. The minimum absolute atomic E-state index is 0.00466. The molecule has 1 amide bonds. The van der Waals surface area contributed by atoms with Gasteiger partial charge in [-0.25, -0.2) is 10.9 Å². The second-order valence-corrected chi connectivity index (χ2v) is 6.45. The summed E-state index contributed by atoms with van der Waals surface area (Å²) in [5.41, 5.74) is 8.05. The van der Waals surface area contributed by atoms with Crippen molar-refractivity contribution in [3.05, 3.63) is 58.6 Å². The molecule has 7 heteroatoms. The number of nitrogens with one attached hydrogen (secondary N) is 3. The average Bonchev–Trinajstić information content (AvgIpc) is 3.16. The Bertz CT molecular complexity index is 784. The number of benzene rings is 2. The van der Waals surface area contributed by atoms with Crippen molar-refractivity contribution in [3.8, 4) is 11.5 Å². The van der Waals surface area contributed by atoms with E-state index in [1.165, 1.54) is 0 Å². The molecule has 2 unspecified atom stereocenters. The zero-order valence-electron chi connectivity index (χ0n) is 14.7. The van der Waals surface area contributed by atoms with Gasteiger partial charge in [-0.1, -0.05) is 29.8 Å². The van der Waals surface area contributed by atoms with E-state index in [0.717, 1.165) is 11.1 Å². The monoisotopic (exact) mass is 375 g/mol. The van der Waals surface area contributed by atoms with Crippen LogP contribution < -0.4 is 25.6 Å². The third-order valence-electron chi connectivity index (χ3n) is 4.45. The molecule has 1 fully saturated rings. The fourth-order valence-corrected chi connectivity index (χ4v) is 3.26. The normalized spacial score (nSPS) is 19.2. The molecule has 1 saturated heterocycles. The second-order valence-electron chi connectivity index (χ2n) is 6.05. The van der Waals surface area contributed by atoms with Crippen LogP contribution in [0.15, 0.2) is 42.5 Å². The standard InChI is InChI=1S/C19H22ClN3O3/c1-25-13-8-7-12(18(9-13)26-2)11-21-19(24)17-10-16(22-23-17)14-5-3-4-6-15(14)20/h3-9,16-17,22-23H,10-11H2,1-2H3,(H,21,24). The number of ether oxygens (including phenoxy) is 2. The van der Waals surface area contributed by atoms with E-state index in [9.17, 15) is 4.79 Å². The molecule has 6 nitrogen and oxygen atoms in total. The second kappa shape index (κ2) is 8.40. The first-order chi connectivity index (χ1) is 12.6. The first-order valence-corrected chi connectivity index (χ1v) is 8.74. The molecule has 0 spiro atoms. The van der Waals surface area contributed by atoms with Crippen molar-refractivity contribution in [2.75, 3.05) is 14.2 Å². The van der Waals surface area contributed by atoms with Gasteiger partial charge in [0.25, 0.3) is 0 Å². The largest absolute Gasteiger partial charge is 0.497 e. The summed E-state index contributed by atoms with van der Waals surface area (Å²) in [7, 11) is 3.20. The van der Waals surface area contributed by atoms with E-state index in [0.29, 0.717) is 29.5 Å². The van der Waals surface area contributed by atoms with E-state index in [1.54, 1.807) is 20.3 Å². The molecule has 0 aliphatic carbocycles. The van der Waals surface area contributed by atoms with Gasteiger partial charge in [-0.05, 0) is 30.2 Å². The molecule has 0 radical (unpaired) electrons. The van der Waals surface area contributed by atoms with E-state index in [1.807, 2.05) is 36.4 Å². The molecule has 2 atom stereocenters. The Hall–Kier alpha value is -2.28. The molecule has 1 aliphatic rings. The number of amides is 1. The summed E-state index contributed by atoms with van der Waals surface area (Å²) in [5, 5.41) is 3.64. The lowest BCUT2D eigenvalue weighted by molar-refractivity contribution is -0.123. The number of hydrogen-bond acceptors (Lipinski definition) is 5. The third-order valence-corrected chi connectivity index (χ3v) is 4.79. The van der Waals surface area contributed by atoms with E-state index in [-0.39, 0.29) is 18.0 Å². The van der Waals surface area contributed by atoms with Crippen LogP contribution in [0.1, 0.15) is 23.6 Å². The van der Waals surface area contributed by atoms with Crippen LogP contribution in [0.3, 0.4) is 0 Å². The Morgan fingerprint density at radius 1 is 1.19 bits per heavy atom. The number of carbonyl (C=O) groups is 1. The van der Waals surface area contributed by atoms with Crippen LogP contribution in [0.5, 0.6) is 11.5 Å². The summed E-state index contributed by atoms with van der Waals surface area (Å²) in [5.74, 6) is 1.31. The van der Waals surface area contributed by atoms with E-state index in [2.05, 4.69) is 16.2 Å². The fourth-order valence-electron chi connectivity index (χ4n) is 2.99. The fraction of sp³-hybridized carbons (Fsp3) is 0.316. The van der Waals surface area contributed by atoms with Gasteiger partial charge in [0.05, 0.1) is 14.2 Å². The van der Waals surface area contributed by atoms with Gasteiger partial charge in [-0.15, -0.1) is 0 Å². The first kappa shape index (κ1) is 18.5. The van der Waals surface area contributed by atoms with Crippen molar-refractivity contribution < 1.29 is 14.3 Å². The number of rotatable bonds is 6. The van der Waals surface area contributed by atoms with Gasteiger partial charge in [-0.3, -0.25) is 4.79 Å². The van der Waals surface area contributed by atoms with Crippen LogP contribution in [0.2, 0.25) is 5.02 Å². The van der Waals surface area contributed by atoms with Crippen LogP contribution >= 0.6 is 11.6 Å². The molecule has 1 heterocycles. The first-order valence-electron chi connectivity index (χ1n) is 8.36. The summed E-state index contributed by atoms with van der Waals surface area (Å²) < 4.78 is 10.5. The number of hydrogen-bond donors (Lipinski definition) is 3. The van der Waals surface area contributed by atoms with Crippen LogP contribution in [-0.2, 0) is 11.3 Å². The Labute approximate surface area is 157 Å². The highest BCUT2D eigenvalue weighted by Crippen LogP contribution is 2.28. The summed E-state index contributed by atoms with van der Waals surface area (Å²) in [6, 6.07) is 12.8. The maximum Gasteiger partial charge on any atom is 0.238 e. The van der Waals surface area contributed by atoms with Gasteiger partial charge in [0.2, 0.25) is 5.91 Å². The highest BCUT2D eigenvalue weighted by Gasteiger charge is 2.30. The molecule has 0 saturated carbocycles. The molecular formula is C19H22ClN3O3. The molecule has 3 rings (SSSR count). The summed E-state index contributed by atoms with van der Waals surface area (Å²) in [6.45, 7) is 0.376. The molecule has 26 heavy (non-hydrogen) atoms. The van der Waals surface area contributed by atoms with Crippen molar-refractivity contribution in [1.82, 2.24) is 16.2 Å². The Morgan fingerprint density at radius 3 is 2.73 bits per heavy atom. The van der Waals surface area contributed by atoms with Gasteiger partial charge >= 0.3 is 0 Å². The number of hydrazine groups is 1. The van der Waals surface area contributed by atoms with Crippen molar-refractivity contribution >= 4 is 17.5 Å². The maximum atomic E-state index is 12.5. The summed E-state index contributed by atoms with van der Waals surface area (Å²) >= 11 is 6.24. The smallest absolute Gasteiger partial charge is 0.238 e. The highest BCUT2D eigenvalue weighted by molar-refractivity contribution is 6.31. The predicted molar refractivity (Wildman–Crippen MR) is 100 cm³/mol. The lowest BCUT2D eigenvalue weighted by Crippen LogP contribution is -2.42. The molecule has 2 aromatic carbocycles. The molecule has 138 valence electrons. The van der Waals surface area contributed by atoms with Gasteiger partial charge in [0.1, 0.15) is 17.5 Å². The number of halogens is 1. The topological polar surface area (TPSA) is 71.6 Å². The quantitative estimate of drug-likeness (QED) is 0.724. The highest BCUT2D eigenvalue weighted by atomic mass is 35.5. The Kier molecular flexibility index (Phi) is 5.98. The number of carbonyl (C=O) groups excluding carboxylic acids is 1. The van der Waals surface area contributed by atoms with Gasteiger partial charge in [0.15, 0.2) is 0 Å². The van der Waals surface area contributed by atoms with Crippen molar-refractivity contribution in [1.29, 1.82) is 0 Å². The molecule has 2 aromatic rings. The van der Waals surface area contributed by atoms with Gasteiger partial charge in [0, 0.05) is 29.2 Å². The zero-order valence-corrected chi connectivity index (χ0v) is 15.5. The van der Waals surface area contributed by atoms with Crippen molar-refractivity contribution in [2.24, 2.45) is 0 Å². The zero-order chi connectivity index (χ0) is 18.5. The Morgan fingerprint density at radius 2 is 2.00 bits per heavy atom. The molecular weight excluding hydrogens is 354 g/mol. The average molecular weight is 376 g/mol. The SMILES string of the molecule is COc1ccc(CNC(=O)C2CC(c3ccccc3Cl)NN2)c(OC)c1. The summed E-state index contributed by atoms with van der Waals surface area (Å²) in [6.07, 6.45) is 0.620. The molecule has 1 aliphatic heterocycles. The number of methoxy groups -OCH3 is 2. The van der Waals surface area contributed by atoms with Crippen molar-refractivity contribution in [3.63, 3.8) is 0 Å². The van der Waals surface area contributed by atoms with E-state index < -0.39 is 0 Å². The van der Waals surface area contributed by atoms with Crippen LogP contribution in [0.25, 0.3) is 0 Å². The van der Waals surface area contributed by atoms with E-state index in [4.69, 9.17) is 21.1 Å². The van der Waals surface area contributed by atoms with E-state index >= 15 is 0 Å². The van der Waals surface area contributed by atoms with Crippen LogP contribution in [0.4, 0.5) is 0 Å². The summed E-state index contributed by atoms with van der Waals surface area (Å²) in [4.78, 5) is 12.5. The van der Waals surface area contributed by atoms with Crippen molar-refractivity contribution in [2.45, 2.75) is 25.0 Å². The maximum absolute atomic E-state index is 12.5. The van der Waals surface area contributed by atoms with Crippen LogP contribution in [0, 0.1) is 0 Å². The van der Waals surface area contributed by atoms with Crippen LogP contribution in [-0.4, -0.2) is 26.2 Å². The lowest BCUT2D eigenvalue weighted by atomic mass is 10.0. The lowest BCUT2D eigenvalue weighted by Gasteiger charge is -2.14. The minimum atomic E-state index is -0.333. The van der Waals surface area contributed by atoms with Gasteiger partial charge < -0.3 is 14.8 Å². The third kappa shape index (κ3) is 4.09. The minimum Gasteiger partial charge on any atom is -0.497 e.